The molecule has 0 fully saturated rings. The molecule has 4 rings (SSSR count). The van der Waals surface area contributed by atoms with Crippen molar-refractivity contribution in [2.75, 3.05) is 44.4 Å². The van der Waals surface area contributed by atoms with Gasteiger partial charge in [-0.25, -0.2) is 4.98 Å². The third kappa shape index (κ3) is 9.54. The van der Waals surface area contributed by atoms with Crippen LogP contribution >= 0.6 is 0 Å². The Morgan fingerprint density at radius 1 is 0.902 bits per heavy atom. The molecule has 0 saturated carbocycles. The van der Waals surface area contributed by atoms with Crippen molar-refractivity contribution in [3.63, 3.8) is 0 Å². The number of ether oxygens (including phenoxy) is 3. The summed E-state index contributed by atoms with van der Waals surface area (Å²) in [4.78, 5) is 6.81. The van der Waals surface area contributed by atoms with Crippen LogP contribution in [0.3, 0.4) is 0 Å². The van der Waals surface area contributed by atoms with Crippen LogP contribution < -0.4 is 19.7 Å². The van der Waals surface area contributed by atoms with Gasteiger partial charge in [0.25, 0.3) is 0 Å². The molecule has 0 spiro atoms. The molecular formula is C31H34F3N3O4. The number of benzene rings is 3. The van der Waals surface area contributed by atoms with Crippen LogP contribution in [0.5, 0.6) is 11.5 Å². The van der Waals surface area contributed by atoms with Gasteiger partial charge in [0.05, 0.1) is 13.2 Å². The molecule has 0 aliphatic heterocycles. The van der Waals surface area contributed by atoms with Crippen LogP contribution in [0.25, 0.3) is 23.3 Å². The Morgan fingerprint density at radius 3 is 2.46 bits per heavy atom. The van der Waals surface area contributed by atoms with E-state index in [0.717, 1.165) is 24.2 Å². The molecule has 0 radical (unpaired) electrons. The fourth-order valence-corrected chi connectivity index (χ4v) is 4.19. The maximum atomic E-state index is 12.4. The Labute approximate surface area is 237 Å². The quantitative estimate of drug-likeness (QED) is 0.156. The van der Waals surface area contributed by atoms with E-state index in [9.17, 15) is 13.2 Å². The molecule has 0 amide bonds. The number of halogens is 3. The normalized spacial score (nSPS) is 11.8. The van der Waals surface area contributed by atoms with Crippen molar-refractivity contribution >= 4 is 28.9 Å². The van der Waals surface area contributed by atoms with Crippen LogP contribution in [0.2, 0.25) is 0 Å². The summed E-state index contributed by atoms with van der Waals surface area (Å²) in [5, 5.41) is 3.13. The van der Waals surface area contributed by atoms with Crippen LogP contribution in [-0.2, 0) is 11.3 Å². The van der Waals surface area contributed by atoms with Crippen molar-refractivity contribution in [1.82, 2.24) is 10.3 Å². The standard InChI is InChI=1S/C31H34F3N3O4/c1-3-37(4-2)25-11-8-23(9-12-25)10-15-30-36-28-14-13-26(21-29(28)40-30)39-19-18-38-17-16-35-22-24-6-5-7-27(20-24)41-31(32,33)34/h5-15,20-21,35H,3-4,16-19,22H2,1-2H3/b15-10+. The number of nitrogens with one attached hydrogen (secondary N) is 1. The molecule has 1 aromatic heterocycles. The van der Waals surface area contributed by atoms with Gasteiger partial charge in [-0.3, -0.25) is 0 Å². The minimum absolute atomic E-state index is 0.238. The van der Waals surface area contributed by atoms with Crippen molar-refractivity contribution < 1.29 is 31.8 Å². The molecule has 3 aromatic carbocycles. The van der Waals surface area contributed by atoms with Crippen molar-refractivity contribution in [3.05, 3.63) is 83.7 Å². The smallest absolute Gasteiger partial charge is 0.491 e. The van der Waals surface area contributed by atoms with Crippen LogP contribution in [0, 0.1) is 0 Å². The first-order valence-electron chi connectivity index (χ1n) is 13.5. The Balaban J connectivity index is 1.16. The van der Waals surface area contributed by atoms with E-state index in [1.54, 1.807) is 12.1 Å². The summed E-state index contributed by atoms with van der Waals surface area (Å²) in [6.07, 6.45) is -0.885. The molecule has 7 nitrogen and oxygen atoms in total. The second kappa shape index (κ2) is 14.6. The summed E-state index contributed by atoms with van der Waals surface area (Å²) in [6.45, 7) is 8.32. The van der Waals surface area contributed by atoms with Gasteiger partial charge in [-0.05, 0) is 67.4 Å². The third-order valence-electron chi connectivity index (χ3n) is 6.20. The lowest BCUT2D eigenvalue weighted by atomic mass is 10.2. The number of aromatic nitrogens is 1. The lowest BCUT2D eigenvalue weighted by Gasteiger charge is -2.20. The molecule has 10 heteroatoms. The van der Waals surface area contributed by atoms with Gasteiger partial charge in [-0.1, -0.05) is 24.3 Å². The fourth-order valence-electron chi connectivity index (χ4n) is 4.19. The Morgan fingerprint density at radius 2 is 1.71 bits per heavy atom. The maximum Gasteiger partial charge on any atom is 0.573 e. The summed E-state index contributed by atoms with van der Waals surface area (Å²) in [5.74, 6) is 0.928. The predicted octanol–water partition coefficient (Wildman–Crippen LogP) is 6.93. The first-order valence-corrected chi connectivity index (χ1v) is 13.5. The molecule has 218 valence electrons. The van der Waals surface area contributed by atoms with Gasteiger partial charge in [0.1, 0.15) is 23.6 Å². The van der Waals surface area contributed by atoms with E-state index in [1.807, 2.05) is 24.3 Å². The highest BCUT2D eigenvalue weighted by molar-refractivity contribution is 5.77. The topological polar surface area (TPSA) is 69.0 Å². The van der Waals surface area contributed by atoms with E-state index in [2.05, 4.69) is 58.1 Å². The van der Waals surface area contributed by atoms with E-state index in [1.165, 1.54) is 23.9 Å². The molecular weight excluding hydrogens is 535 g/mol. The molecule has 0 aliphatic rings. The van der Waals surface area contributed by atoms with Gasteiger partial charge >= 0.3 is 6.36 Å². The highest BCUT2D eigenvalue weighted by Crippen LogP contribution is 2.24. The van der Waals surface area contributed by atoms with Crippen molar-refractivity contribution in [2.24, 2.45) is 0 Å². The first kappa shape index (κ1) is 30.0. The van der Waals surface area contributed by atoms with E-state index >= 15 is 0 Å². The highest BCUT2D eigenvalue weighted by atomic mass is 19.4. The fraction of sp³-hybridized carbons (Fsp3) is 0.323. The Hall–Kier alpha value is -4.02. The summed E-state index contributed by atoms with van der Waals surface area (Å²) in [7, 11) is 0. The van der Waals surface area contributed by atoms with Gasteiger partial charge in [0.2, 0.25) is 5.89 Å². The van der Waals surface area contributed by atoms with Gasteiger partial charge in [0, 0.05) is 44.0 Å². The Kier molecular flexibility index (Phi) is 10.6. The monoisotopic (exact) mass is 569 g/mol. The Bertz CT molecular complexity index is 1400. The largest absolute Gasteiger partial charge is 0.573 e. The van der Waals surface area contributed by atoms with E-state index in [4.69, 9.17) is 13.9 Å². The number of hydrogen-bond acceptors (Lipinski definition) is 7. The predicted molar refractivity (Wildman–Crippen MR) is 154 cm³/mol. The number of hydrogen-bond donors (Lipinski definition) is 1. The van der Waals surface area contributed by atoms with E-state index < -0.39 is 6.36 Å². The molecule has 0 atom stereocenters. The molecule has 41 heavy (non-hydrogen) atoms. The number of rotatable bonds is 15. The van der Waals surface area contributed by atoms with Crippen LogP contribution in [-0.4, -0.2) is 50.8 Å². The van der Waals surface area contributed by atoms with Gasteiger partial charge in [-0.2, -0.15) is 0 Å². The minimum Gasteiger partial charge on any atom is -0.491 e. The molecule has 0 unspecified atom stereocenters. The second-order valence-corrected chi connectivity index (χ2v) is 9.11. The van der Waals surface area contributed by atoms with Crippen molar-refractivity contribution in [1.29, 1.82) is 0 Å². The van der Waals surface area contributed by atoms with Crippen LogP contribution in [0.15, 0.2) is 71.1 Å². The molecule has 1 N–H and O–H groups in total. The van der Waals surface area contributed by atoms with Crippen molar-refractivity contribution in [2.45, 2.75) is 26.8 Å². The molecule has 0 bridgehead atoms. The van der Waals surface area contributed by atoms with Crippen LogP contribution in [0.1, 0.15) is 30.9 Å². The summed E-state index contributed by atoms with van der Waals surface area (Å²) in [6, 6.07) is 19.7. The number of nitrogens with zero attached hydrogens (tertiary/aromatic N) is 2. The number of oxazole rings is 1. The zero-order valence-electron chi connectivity index (χ0n) is 23.1. The average Bonchev–Trinajstić information content (AvgIpc) is 3.36. The number of alkyl halides is 3. The second-order valence-electron chi connectivity index (χ2n) is 9.11. The maximum absolute atomic E-state index is 12.4. The van der Waals surface area contributed by atoms with Crippen molar-refractivity contribution in [3.8, 4) is 11.5 Å². The number of fused-ring (bicyclic) bond motifs is 1. The van der Waals surface area contributed by atoms with E-state index in [0.29, 0.717) is 55.7 Å². The SMILES string of the molecule is CCN(CC)c1ccc(/C=C/c2nc3ccc(OCCOCCNCc4cccc(OC(F)(F)F)c4)cc3o2)cc1. The lowest BCUT2D eigenvalue weighted by molar-refractivity contribution is -0.274. The summed E-state index contributed by atoms with van der Waals surface area (Å²) in [5.41, 5.74) is 4.32. The average molecular weight is 570 g/mol. The van der Waals surface area contributed by atoms with E-state index in [-0.39, 0.29) is 5.75 Å². The molecule has 1 heterocycles. The zero-order valence-corrected chi connectivity index (χ0v) is 23.1. The van der Waals surface area contributed by atoms with Crippen LogP contribution in [0.4, 0.5) is 18.9 Å². The third-order valence-corrected chi connectivity index (χ3v) is 6.20. The zero-order chi connectivity index (χ0) is 29.1. The first-order chi connectivity index (χ1) is 19.8. The summed E-state index contributed by atoms with van der Waals surface area (Å²) >= 11 is 0. The number of anilines is 1. The summed E-state index contributed by atoms with van der Waals surface area (Å²) < 4.78 is 58.2. The highest BCUT2D eigenvalue weighted by Gasteiger charge is 2.31. The molecule has 0 saturated heterocycles. The van der Waals surface area contributed by atoms with Gasteiger partial charge in [-0.15, -0.1) is 13.2 Å². The minimum atomic E-state index is -4.71. The molecule has 0 aliphatic carbocycles. The van der Waals surface area contributed by atoms with Gasteiger partial charge in [0.15, 0.2) is 5.58 Å². The van der Waals surface area contributed by atoms with Gasteiger partial charge < -0.3 is 28.8 Å². The lowest BCUT2D eigenvalue weighted by Crippen LogP contribution is -2.21. The molecule has 4 aromatic rings.